The second-order valence-electron chi connectivity index (χ2n) is 4.53. The van der Waals surface area contributed by atoms with Crippen LogP contribution in [0, 0.1) is 13.8 Å². The van der Waals surface area contributed by atoms with E-state index in [0.29, 0.717) is 6.04 Å². The molecule has 2 aromatic rings. The lowest BCUT2D eigenvalue weighted by Gasteiger charge is -2.12. The van der Waals surface area contributed by atoms with E-state index in [1.807, 2.05) is 36.9 Å². The summed E-state index contributed by atoms with van der Waals surface area (Å²) >= 11 is 0. The zero-order valence-electron chi connectivity index (χ0n) is 10.6. The summed E-state index contributed by atoms with van der Waals surface area (Å²) in [6, 6.07) is 4.35. The molecular formula is C13H19N3O. The molecule has 0 aliphatic carbocycles. The smallest absolute Gasteiger partial charge is 0.117 e. The minimum atomic E-state index is 0.361. The molecule has 4 nitrogen and oxygen atoms in total. The van der Waals surface area contributed by atoms with Crippen LogP contribution in [-0.4, -0.2) is 15.8 Å². The Morgan fingerprint density at radius 1 is 1.41 bits per heavy atom. The van der Waals surface area contributed by atoms with Crippen LogP contribution in [0.25, 0.3) is 0 Å². The zero-order chi connectivity index (χ0) is 12.3. The first kappa shape index (κ1) is 11.9. The molecule has 0 amide bonds. The fraction of sp³-hybridized carbons (Fsp3) is 0.462. The number of nitrogens with one attached hydrogen (secondary N) is 1. The molecule has 0 bridgehead atoms. The predicted molar refractivity (Wildman–Crippen MR) is 66.7 cm³/mol. The zero-order valence-corrected chi connectivity index (χ0v) is 10.6. The van der Waals surface area contributed by atoms with Crippen molar-refractivity contribution in [1.82, 2.24) is 15.1 Å². The normalized spacial score (nSPS) is 12.9. The number of hydrogen-bond donors (Lipinski definition) is 1. The van der Waals surface area contributed by atoms with Crippen molar-refractivity contribution in [2.45, 2.75) is 39.9 Å². The van der Waals surface area contributed by atoms with Gasteiger partial charge < -0.3 is 9.73 Å². The Kier molecular flexibility index (Phi) is 3.64. The Balaban J connectivity index is 1.79. The molecule has 1 N–H and O–H groups in total. The van der Waals surface area contributed by atoms with Gasteiger partial charge in [-0.1, -0.05) is 0 Å². The first-order chi connectivity index (χ1) is 8.13. The molecule has 17 heavy (non-hydrogen) atoms. The molecule has 0 fully saturated rings. The van der Waals surface area contributed by atoms with Crippen LogP contribution < -0.4 is 5.32 Å². The van der Waals surface area contributed by atoms with Crippen molar-refractivity contribution in [2.75, 3.05) is 0 Å². The van der Waals surface area contributed by atoms with E-state index in [9.17, 15) is 0 Å². The molecule has 0 aliphatic rings. The Labute approximate surface area is 102 Å². The SMILES string of the molecule is Cc1cnn(CC(C)NCc2ccc(C)o2)c1. The summed E-state index contributed by atoms with van der Waals surface area (Å²) in [7, 11) is 0. The van der Waals surface area contributed by atoms with E-state index in [4.69, 9.17) is 4.42 Å². The molecule has 0 radical (unpaired) electrons. The lowest BCUT2D eigenvalue weighted by molar-refractivity contribution is 0.408. The van der Waals surface area contributed by atoms with Gasteiger partial charge in [0.05, 0.1) is 19.3 Å². The van der Waals surface area contributed by atoms with E-state index in [0.717, 1.165) is 24.6 Å². The van der Waals surface area contributed by atoms with Crippen molar-refractivity contribution in [2.24, 2.45) is 0 Å². The second kappa shape index (κ2) is 5.19. The van der Waals surface area contributed by atoms with E-state index in [1.165, 1.54) is 5.56 Å². The predicted octanol–water partition coefficient (Wildman–Crippen LogP) is 2.27. The molecule has 0 spiro atoms. The van der Waals surface area contributed by atoms with E-state index in [1.54, 1.807) is 0 Å². The van der Waals surface area contributed by atoms with Gasteiger partial charge in [0, 0.05) is 12.2 Å². The summed E-state index contributed by atoms with van der Waals surface area (Å²) in [6.45, 7) is 7.78. The monoisotopic (exact) mass is 233 g/mol. The molecule has 0 saturated heterocycles. The summed E-state index contributed by atoms with van der Waals surface area (Å²) in [5.41, 5.74) is 1.19. The van der Waals surface area contributed by atoms with Crippen molar-refractivity contribution in [3.63, 3.8) is 0 Å². The standard InChI is InChI=1S/C13H19N3O/c1-10-6-15-16(8-10)9-11(2)14-7-13-5-4-12(3)17-13/h4-6,8,11,14H,7,9H2,1-3H3. The van der Waals surface area contributed by atoms with E-state index < -0.39 is 0 Å². The third kappa shape index (κ3) is 3.46. The number of hydrogen-bond acceptors (Lipinski definition) is 3. The summed E-state index contributed by atoms with van der Waals surface area (Å²) in [5.74, 6) is 1.93. The van der Waals surface area contributed by atoms with Crippen LogP contribution in [0.3, 0.4) is 0 Å². The average Bonchev–Trinajstić information content (AvgIpc) is 2.85. The van der Waals surface area contributed by atoms with Gasteiger partial charge in [0.15, 0.2) is 0 Å². The number of furan rings is 1. The van der Waals surface area contributed by atoms with Crippen molar-refractivity contribution >= 4 is 0 Å². The highest BCUT2D eigenvalue weighted by molar-refractivity contribution is 5.05. The van der Waals surface area contributed by atoms with Gasteiger partial charge in [0.25, 0.3) is 0 Å². The van der Waals surface area contributed by atoms with Crippen molar-refractivity contribution in [1.29, 1.82) is 0 Å². The van der Waals surface area contributed by atoms with Crippen LogP contribution in [0.1, 0.15) is 24.0 Å². The van der Waals surface area contributed by atoms with E-state index in [-0.39, 0.29) is 0 Å². The lowest BCUT2D eigenvalue weighted by Crippen LogP contribution is -2.30. The maximum Gasteiger partial charge on any atom is 0.117 e. The fourth-order valence-electron chi connectivity index (χ4n) is 1.77. The van der Waals surface area contributed by atoms with Gasteiger partial charge in [0.1, 0.15) is 11.5 Å². The number of aryl methyl sites for hydroxylation is 2. The third-order valence-corrected chi connectivity index (χ3v) is 2.64. The van der Waals surface area contributed by atoms with Gasteiger partial charge in [-0.15, -0.1) is 0 Å². The largest absolute Gasteiger partial charge is 0.465 e. The lowest BCUT2D eigenvalue weighted by atomic mass is 10.3. The maximum atomic E-state index is 5.50. The molecule has 4 heteroatoms. The maximum absolute atomic E-state index is 5.50. The second-order valence-corrected chi connectivity index (χ2v) is 4.53. The average molecular weight is 233 g/mol. The Bertz CT molecular complexity index is 472. The topological polar surface area (TPSA) is 43.0 Å². The van der Waals surface area contributed by atoms with Crippen LogP contribution in [0.5, 0.6) is 0 Å². The Morgan fingerprint density at radius 3 is 2.82 bits per heavy atom. The summed E-state index contributed by atoms with van der Waals surface area (Å²) in [6.07, 6.45) is 3.93. The Morgan fingerprint density at radius 2 is 2.24 bits per heavy atom. The molecule has 92 valence electrons. The van der Waals surface area contributed by atoms with E-state index in [2.05, 4.69) is 23.5 Å². The molecule has 1 atom stereocenters. The highest BCUT2D eigenvalue weighted by atomic mass is 16.3. The number of nitrogens with zero attached hydrogens (tertiary/aromatic N) is 2. The quantitative estimate of drug-likeness (QED) is 0.861. The summed E-state index contributed by atoms with van der Waals surface area (Å²) in [5, 5.41) is 7.68. The highest BCUT2D eigenvalue weighted by Gasteiger charge is 2.05. The van der Waals surface area contributed by atoms with Gasteiger partial charge >= 0.3 is 0 Å². The highest BCUT2D eigenvalue weighted by Crippen LogP contribution is 2.06. The van der Waals surface area contributed by atoms with Crippen LogP contribution in [-0.2, 0) is 13.1 Å². The van der Waals surface area contributed by atoms with Crippen LogP contribution in [0.2, 0.25) is 0 Å². The fourth-order valence-corrected chi connectivity index (χ4v) is 1.77. The molecule has 0 saturated carbocycles. The molecule has 0 aliphatic heterocycles. The first-order valence-corrected chi connectivity index (χ1v) is 5.91. The van der Waals surface area contributed by atoms with E-state index >= 15 is 0 Å². The Hall–Kier alpha value is -1.55. The molecule has 2 heterocycles. The summed E-state index contributed by atoms with van der Waals surface area (Å²) in [4.78, 5) is 0. The first-order valence-electron chi connectivity index (χ1n) is 5.91. The minimum absolute atomic E-state index is 0.361. The molecule has 2 rings (SSSR count). The van der Waals surface area contributed by atoms with Gasteiger partial charge in [0.2, 0.25) is 0 Å². The van der Waals surface area contributed by atoms with Crippen molar-refractivity contribution < 1.29 is 4.42 Å². The van der Waals surface area contributed by atoms with Crippen molar-refractivity contribution in [3.05, 3.63) is 41.6 Å². The third-order valence-electron chi connectivity index (χ3n) is 2.64. The summed E-state index contributed by atoms with van der Waals surface area (Å²) < 4.78 is 7.46. The van der Waals surface area contributed by atoms with Gasteiger partial charge in [-0.3, -0.25) is 4.68 Å². The van der Waals surface area contributed by atoms with Gasteiger partial charge in [-0.2, -0.15) is 5.10 Å². The van der Waals surface area contributed by atoms with Crippen LogP contribution >= 0.6 is 0 Å². The number of rotatable bonds is 5. The van der Waals surface area contributed by atoms with Crippen LogP contribution in [0.15, 0.2) is 28.9 Å². The molecule has 1 unspecified atom stereocenters. The van der Waals surface area contributed by atoms with Crippen LogP contribution in [0.4, 0.5) is 0 Å². The van der Waals surface area contributed by atoms with Gasteiger partial charge in [-0.25, -0.2) is 0 Å². The minimum Gasteiger partial charge on any atom is -0.465 e. The van der Waals surface area contributed by atoms with Crippen molar-refractivity contribution in [3.8, 4) is 0 Å². The number of aromatic nitrogens is 2. The molecule has 0 aromatic carbocycles. The molecule has 2 aromatic heterocycles. The molecular weight excluding hydrogens is 214 g/mol. The van der Waals surface area contributed by atoms with Gasteiger partial charge in [-0.05, 0) is 38.5 Å².